The molecule has 0 aromatic carbocycles. The first kappa shape index (κ1) is 16.6. The zero-order chi connectivity index (χ0) is 17.9. The quantitative estimate of drug-likeness (QED) is 0.736. The molecule has 1 fully saturated rings. The number of nitrogens with zero attached hydrogens (tertiary/aromatic N) is 4. The Kier molecular flexibility index (Phi) is 4.59. The van der Waals surface area contributed by atoms with Gasteiger partial charge >= 0.3 is 0 Å². The number of aromatic nitrogens is 4. The summed E-state index contributed by atoms with van der Waals surface area (Å²) in [4.78, 5) is 20.9. The Hall–Kier alpha value is -2.84. The topological polar surface area (TPSA) is 94.0 Å². The van der Waals surface area contributed by atoms with Crippen LogP contribution in [0.2, 0.25) is 0 Å². The van der Waals surface area contributed by atoms with Gasteiger partial charge in [-0.3, -0.25) is 14.5 Å². The Labute approximate surface area is 150 Å². The number of pyridine rings is 2. The third-order valence-electron chi connectivity index (χ3n) is 4.29. The van der Waals surface area contributed by atoms with E-state index in [2.05, 4.69) is 25.7 Å². The molecule has 1 saturated heterocycles. The van der Waals surface area contributed by atoms with E-state index in [0.29, 0.717) is 25.4 Å². The molecule has 1 atom stereocenters. The number of hydrogen-bond donors (Lipinski definition) is 2. The highest BCUT2D eigenvalue weighted by Crippen LogP contribution is 2.23. The van der Waals surface area contributed by atoms with Crippen molar-refractivity contribution in [1.82, 2.24) is 25.1 Å². The molecule has 1 unspecified atom stereocenters. The van der Waals surface area contributed by atoms with E-state index < -0.39 is 0 Å². The van der Waals surface area contributed by atoms with Crippen LogP contribution in [0.3, 0.4) is 0 Å². The maximum atomic E-state index is 12.2. The fourth-order valence-electron chi connectivity index (χ4n) is 2.98. The minimum absolute atomic E-state index is 0.0944. The minimum atomic E-state index is -0.109. The molecule has 134 valence electrons. The third kappa shape index (κ3) is 3.71. The Bertz CT molecular complexity index is 932. The monoisotopic (exact) mass is 352 g/mol. The number of ether oxygens (including phenoxy) is 1. The lowest BCUT2D eigenvalue weighted by atomic mass is 10.1. The number of morpholine rings is 1. The van der Waals surface area contributed by atoms with E-state index in [4.69, 9.17) is 4.74 Å². The van der Waals surface area contributed by atoms with E-state index in [9.17, 15) is 4.79 Å². The molecular formula is C18H20N6O2. The van der Waals surface area contributed by atoms with Crippen LogP contribution in [0.1, 0.15) is 6.42 Å². The van der Waals surface area contributed by atoms with Gasteiger partial charge in [0.15, 0.2) is 0 Å². The highest BCUT2D eigenvalue weighted by Gasteiger charge is 2.17. The molecule has 0 spiro atoms. The molecule has 0 aliphatic carbocycles. The first-order valence-corrected chi connectivity index (χ1v) is 8.54. The van der Waals surface area contributed by atoms with Crippen LogP contribution in [0, 0.1) is 0 Å². The van der Waals surface area contributed by atoms with Crippen molar-refractivity contribution < 1.29 is 9.53 Å². The second-order valence-corrected chi connectivity index (χ2v) is 6.34. The average Bonchev–Trinajstić information content (AvgIpc) is 3.08. The highest BCUT2D eigenvalue weighted by atomic mass is 16.5. The smallest absolute Gasteiger partial charge is 0.228 e. The molecule has 8 heteroatoms. The van der Waals surface area contributed by atoms with Gasteiger partial charge in [-0.25, -0.2) is 4.98 Å². The summed E-state index contributed by atoms with van der Waals surface area (Å²) in [5.74, 6) is 0.401. The van der Waals surface area contributed by atoms with Gasteiger partial charge in [0.2, 0.25) is 5.91 Å². The summed E-state index contributed by atoms with van der Waals surface area (Å²) in [7, 11) is 1.88. The van der Waals surface area contributed by atoms with Crippen molar-refractivity contribution in [3.8, 4) is 11.1 Å². The maximum Gasteiger partial charge on any atom is 0.228 e. The van der Waals surface area contributed by atoms with Crippen LogP contribution < -0.4 is 10.6 Å². The van der Waals surface area contributed by atoms with E-state index in [0.717, 1.165) is 28.6 Å². The van der Waals surface area contributed by atoms with Gasteiger partial charge in [-0.2, -0.15) is 5.10 Å². The van der Waals surface area contributed by atoms with Crippen LogP contribution >= 0.6 is 0 Å². The van der Waals surface area contributed by atoms with Gasteiger partial charge in [0.1, 0.15) is 5.82 Å². The number of carbonyl (C=O) groups is 1. The lowest BCUT2D eigenvalue weighted by molar-refractivity contribution is -0.119. The van der Waals surface area contributed by atoms with E-state index in [1.165, 1.54) is 0 Å². The SMILES string of the molecule is Cn1cc(-c2cnc3cnc(NC(=O)CC4CNCCO4)cc3c2)cn1. The summed E-state index contributed by atoms with van der Waals surface area (Å²) >= 11 is 0. The van der Waals surface area contributed by atoms with Gasteiger partial charge in [-0.05, 0) is 12.1 Å². The first-order valence-electron chi connectivity index (χ1n) is 8.54. The molecule has 1 aliphatic rings. The Morgan fingerprint density at radius 1 is 1.31 bits per heavy atom. The summed E-state index contributed by atoms with van der Waals surface area (Å²) in [5, 5.41) is 11.2. The molecule has 3 aromatic rings. The second-order valence-electron chi connectivity index (χ2n) is 6.34. The van der Waals surface area contributed by atoms with Gasteiger partial charge in [-0.1, -0.05) is 0 Å². The van der Waals surface area contributed by atoms with Crippen molar-refractivity contribution in [1.29, 1.82) is 0 Å². The predicted octanol–water partition coefficient (Wildman–Crippen LogP) is 1.35. The maximum absolute atomic E-state index is 12.2. The standard InChI is InChI=1S/C18H20N6O2/c1-24-11-14(8-22-24)13-4-12-5-17(21-10-16(12)20-7-13)23-18(25)6-15-9-19-2-3-26-15/h4-5,7-8,10-11,15,19H,2-3,6,9H2,1H3,(H,21,23,25). The number of rotatable bonds is 4. The summed E-state index contributed by atoms with van der Waals surface area (Å²) in [6.07, 6.45) is 7.41. The molecule has 1 amide bonds. The number of anilines is 1. The van der Waals surface area contributed by atoms with Crippen molar-refractivity contribution in [2.75, 3.05) is 25.0 Å². The van der Waals surface area contributed by atoms with Crippen LogP contribution in [0.4, 0.5) is 5.82 Å². The summed E-state index contributed by atoms with van der Waals surface area (Å²) in [5.41, 5.74) is 2.73. The largest absolute Gasteiger partial charge is 0.375 e. The zero-order valence-electron chi connectivity index (χ0n) is 14.5. The van der Waals surface area contributed by atoms with Gasteiger partial charge in [0.05, 0.1) is 37.0 Å². The molecule has 3 aromatic heterocycles. The molecule has 0 radical (unpaired) electrons. The van der Waals surface area contributed by atoms with Crippen LogP contribution in [0.25, 0.3) is 22.0 Å². The van der Waals surface area contributed by atoms with Crippen molar-refractivity contribution in [2.45, 2.75) is 12.5 Å². The summed E-state index contributed by atoms with van der Waals surface area (Å²) in [6, 6.07) is 3.85. The summed E-state index contributed by atoms with van der Waals surface area (Å²) < 4.78 is 7.31. The number of aryl methyl sites for hydroxylation is 1. The second kappa shape index (κ2) is 7.19. The van der Waals surface area contributed by atoms with Gasteiger partial charge in [0, 0.05) is 49.0 Å². The lowest BCUT2D eigenvalue weighted by Gasteiger charge is -2.22. The number of hydrogen-bond acceptors (Lipinski definition) is 6. The lowest BCUT2D eigenvalue weighted by Crippen LogP contribution is -2.40. The van der Waals surface area contributed by atoms with E-state index in [-0.39, 0.29) is 12.0 Å². The molecule has 1 aliphatic heterocycles. The van der Waals surface area contributed by atoms with Crippen molar-refractivity contribution in [3.05, 3.63) is 36.9 Å². The van der Waals surface area contributed by atoms with Crippen LogP contribution in [-0.2, 0) is 16.6 Å². The first-order chi connectivity index (χ1) is 12.7. The Morgan fingerprint density at radius 3 is 3.00 bits per heavy atom. The van der Waals surface area contributed by atoms with Crippen LogP contribution in [0.15, 0.2) is 36.9 Å². The van der Waals surface area contributed by atoms with Gasteiger partial charge < -0.3 is 15.4 Å². The predicted molar refractivity (Wildman–Crippen MR) is 97.6 cm³/mol. The van der Waals surface area contributed by atoms with Crippen molar-refractivity contribution >= 4 is 22.6 Å². The Balaban J connectivity index is 1.51. The van der Waals surface area contributed by atoms with Crippen molar-refractivity contribution in [3.63, 3.8) is 0 Å². The molecule has 4 heterocycles. The van der Waals surface area contributed by atoms with Gasteiger partial charge in [0.25, 0.3) is 0 Å². The fourth-order valence-corrected chi connectivity index (χ4v) is 2.98. The van der Waals surface area contributed by atoms with Crippen LogP contribution in [-0.4, -0.2) is 51.5 Å². The number of nitrogens with one attached hydrogen (secondary N) is 2. The average molecular weight is 352 g/mol. The molecular weight excluding hydrogens is 332 g/mol. The third-order valence-corrected chi connectivity index (χ3v) is 4.29. The molecule has 8 nitrogen and oxygen atoms in total. The molecule has 4 rings (SSSR count). The minimum Gasteiger partial charge on any atom is -0.375 e. The fraction of sp³-hybridized carbons (Fsp3) is 0.333. The molecule has 0 bridgehead atoms. The zero-order valence-corrected chi connectivity index (χ0v) is 14.5. The number of amides is 1. The van der Waals surface area contributed by atoms with Crippen LogP contribution in [0.5, 0.6) is 0 Å². The number of fused-ring (bicyclic) bond motifs is 1. The highest BCUT2D eigenvalue weighted by molar-refractivity contribution is 5.93. The Morgan fingerprint density at radius 2 is 2.23 bits per heavy atom. The number of carbonyl (C=O) groups excluding carboxylic acids is 1. The molecule has 2 N–H and O–H groups in total. The van der Waals surface area contributed by atoms with Gasteiger partial charge in [-0.15, -0.1) is 0 Å². The van der Waals surface area contributed by atoms with E-state index in [1.807, 2.05) is 25.4 Å². The summed E-state index contributed by atoms with van der Waals surface area (Å²) in [6.45, 7) is 2.16. The van der Waals surface area contributed by atoms with E-state index >= 15 is 0 Å². The molecule has 26 heavy (non-hydrogen) atoms. The van der Waals surface area contributed by atoms with E-state index in [1.54, 1.807) is 23.3 Å². The van der Waals surface area contributed by atoms with Crippen molar-refractivity contribution in [2.24, 2.45) is 7.05 Å². The normalized spacial score (nSPS) is 17.3. The molecule has 0 saturated carbocycles.